The Kier molecular flexibility index (Phi) is 5.81. The summed E-state index contributed by atoms with van der Waals surface area (Å²) in [5.74, 6) is 1.06. The van der Waals surface area contributed by atoms with E-state index in [-0.39, 0.29) is 10.8 Å². The zero-order chi connectivity index (χ0) is 17.6. The highest BCUT2D eigenvalue weighted by molar-refractivity contribution is 7.90. The second-order valence-corrected chi connectivity index (χ2v) is 7.10. The quantitative estimate of drug-likeness (QED) is 0.772. The first-order chi connectivity index (χ1) is 11.4. The van der Waals surface area contributed by atoms with E-state index < -0.39 is 9.84 Å². The Balaban J connectivity index is 1.85. The van der Waals surface area contributed by atoms with E-state index >= 15 is 0 Å². The van der Waals surface area contributed by atoms with Gasteiger partial charge in [0.15, 0.2) is 9.84 Å². The predicted octanol–water partition coefficient (Wildman–Crippen LogP) is 1.91. The number of amides is 1. The van der Waals surface area contributed by atoms with Crippen molar-refractivity contribution in [3.8, 4) is 11.5 Å². The Hall–Kier alpha value is -2.54. The molecule has 2 aromatic carbocycles. The Morgan fingerprint density at radius 1 is 1.08 bits per heavy atom. The second-order valence-electron chi connectivity index (χ2n) is 5.08. The first-order valence-corrected chi connectivity index (χ1v) is 9.14. The highest BCUT2D eigenvalue weighted by Gasteiger charge is 2.11. The van der Waals surface area contributed by atoms with Gasteiger partial charge in [-0.2, -0.15) is 0 Å². The van der Waals surface area contributed by atoms with Gasteiger partial charge in [-0.1, -0.05) is 6.07 Å². The molecule has 128 valence electrons. The average Bonchev–Trinajstić information content (AvgIpc) is 2.58. The van der Waals surface area contributed by atoms with Gasteiger partial charge in [-0.15, -0.1) is 0 Å². The minimum atomic E-state index is -3.34. The molecular formula is C17H19NO5S. The fourth-order valence-electron chi connectivity index (χ4n) is 1.98. The molecular weight excluding hydrogens is 330 g/mol. The number of carbonyl (C=O) groups is 1. The summed E-state index contributed by atoms with van der Waals surface area (Å²) in [5.41, 5.74) is 0.294. The Morgan fingerprint density at radius 3 is 2.38 bits per heavy atom. The van der Waals surface area contributed by atoms with Gasteiger partial charge in [-0.05, 0) is 42.5 Å². The van der Waals surface area contributed by atoms with E-state index in [1.165, 1.54) is 12.1 Å². The van der Waals surface area contributed by atoms with E-state index in [1.54, 1.807) is 43.5 Å². The topological polar surface area (TPSA) is 81.7 Å². The summed E-state index contributed by atoms with van der Waals surface area (Å²) >= 11 is 0. The fourth-order valence-corrected chi connectivity index (χ4v) is 2.64. The van der Waals surface area contributed by atoms with Gasteiger partial charge in [0.05, 0.1) is 18.6 Å². The molecule has 1 N–H and O–H groups in total. The SMILES string of the molecule is COc1ccc(OCCNC(=O)c2cccc(S(C)(=O)=O)c2)cc1. The van der Waals surface area contributed by atoms with Gasteiger partial charge in [-0.3, -0.25) is 4.79 Å². The summed E-state index contributed by atoms with van der Waals surface area (Å²) in [4.78, 5) is 12.2. The zero-order valence-corrected chi connectivity index (χ0v) is 14.3. The van der Waals surface area contributed by atoms with Crippen LogP contribution in [0.4, 0.5) is 0 Å². The van der Waals surface area contributed by atoms with Crippen LogP contribution in [0, 0.1) is 0 Å². The third-order valence-corrected chi connectivity index (χ3v) is 4.35. The number of ether oxygens (including phenoxy) is 2. The number of sulfone groups is 1. The maximum absolute atomic E-state index is 12.0. The van der Waals surface area contributed by atoms with Crippen molar-refractivity contribution in [2.45, 2.75) is 4.90 Å². The molecule has 0 atom stereocenters. The van der Waals surface area contributed by atoms with Crippen molar-refractivity contribution >= 4 is 15.7 Å². The summed E-state index contributed by atoms with van der Waals surface area (Å²) in [6.07, 6.45) is 1.10. The van der Waals surface area contributed by atoms with Gasteiger partial charge in [0.1, 0.15) is 18.1 Å². The van der Waals surface area contributed by atoms with Crippen LogP contribution in [0.25, 0.3) is 0 Å². The largest absolute Gasteiger partial charge is 0.497 e. The van der Waals surface area contributed by atoms with Crippen LogP contribution in [-0.2, 0) is 9.84 Å². The molecule has 0 unspecified atom stereocenters. The molecule has 0 aliphatic rings. The molecule has 7 heteroatoms. The van der Waals surface area contributed by atoms with Crippen LogP contribution < -0.4 is 14.8 Å². The van der Waals surface area contributed by atoms with Gasteiger partial charge in [0.25, 0.3) is 5.91 Å². The van der Waals surface area contributed by atoms with Crippen LogP contribution in [-0.4, -0.2) is 40.8 Å². The molecule has 6 nitrogen and oxygen atoms in total. The molecule has 0 heterocycles. The van der Waals surface area contributed by atoms with E-state index in [1.807, 2.05) is 0 Å². The van der Waals surface area contributed by atoms with Crippen LogP contribution in [0.3, 0.4) is 0 Å². The lowest BCUT2D eigenvalue weighted by atomic mass is 10.2. The molecule has 0 aliphatic carbocycles. The fraction of sp³-hybridized carbons (Fsp3) is 0.235. The first-order valence-electron chi connectivity index (χ1n) is 7.25. The highest BCUT2D eigenvalue weighted by atomic mass is 32.2. The maximum atomic E-state index is 12.0. The first kappa shape index (κ1) is 17.8. The molecule has 1 amide bonds. The highest BCUT2D eigenvalue weighted by Crippen LogP contribution is 2.16. The Morgan fingerprint density at radius 2 is 1.75 bits per heavy atom. The lowest BCUT2D eigenvalue weighted by molar-refractivity contribution is 0.0947. The number of hydrogen-bond donors (Lipinski definition) is 1. The van der Waals surface area contributed by atoms with Crippen molar-refractivity contribution < 1.29 is 22.7 Å². The summed E-state index contributed by atoms with van der Waals surface area (Å²) in [7, 11) is -1.75. The van der Waals surface area contributed by atoms with E-state index in [4.69, 9.17) is 9.47 Å². The Labute approximate surface area is 141 Å². The lowest BCUT2D eigenvalue weighted by Crippen LogP contribution is -2.28. The van der Waals surface area contributed by atoms with Crippen molar-refractivity contribution in [3.05, 3.63) is 54.1 Å². The van der Waals surface area contributed by atoms with E-state index in [0.717, 1.165) is 12.0 Å². The van der Waals surface area contributed by atoms with Crippen LogP contribution in [0.15, 0.2) is 53.4 Å². The summed E-state index contributed by atoms with van der Waals surface area (Å²) in [6.45, 7) is 0.595. The third kappa shape index (κ3) is 4.99. The molecule has 2 aromatic rings. The molecule has 0 aliphatic heterocycles. The summed E-state index contributed by atoms with van der Waals surface area (Å²) in [5, 5.41) is 2.69. The zero-order valence-electron chi connectivity index (χ0n) is 13.5. The van der Waals surface area contributed by atoms with Crippen molar-refractivity contribution in [3.63, 3.8) is 0 Å². The van der Waals surface area contributed by atoms with E-state index in [0.29, 0.717) is 24.5 Å². The number of rotatable bonds is 7. The smallest absolute Gasteiger partial charge is 0.251 e. The van der Waals surface area contributed by atoms with Gasteiger partial charge in [0.2, 0.25) is 0 Å². The summed E-state index contributed by atoms with van der Waals surface area (Å²) < 4.78 is 33.6. The van der Waals surface area contributed by atoms with E-state index in [2.05, 4.69) is 5.32 Å². The predicted molar refractivity (Wildman–Crippen MR) is 90.4 cm³/mol. The number of hydrogen-bond acceptors (Lipinski definition) is 5. The minimum Gasteiger partial charge on any atom is -0.497 e. The normalized spacial score (nSPS) is 10.9. The van der Waals surface area contributed by atoms with Gasteiger partial charge < -0.3 is 14.8 Å². The number of carbonyl (C=O) groups excluding carboxylic acids is 1. The van der Waals surface area contributed by atoms with Crippen LogP contribution in [0.1, 0.15) is 10.4 Å². The number of methoxy groups -OCH3 is 1. The molecule has 0 spiro atoms. The average molecular weight is 349 g/mol. The molecule has 0 aromatic heterocycles. The molecule has 0 saturated heterocycles. The van der Waals surface area contributed by atoms with Gasteiger partial charge >= 0.3 is 0 Å². The Bertz CT molecular complexity index is 800. The molecule has 24 heavy (non-hydrogen) atoms. The number of nitrogens with one attached hydrogen (secondary N) is 1. The van der Waals surface area contributed by atoms with Gasteiger partial charge in [0, 0.05) is 11.8 Å². The lowest BCUT2D eigenvalue weighted by Gasteiger charge is -2.09. The van der Waals surface area contributed by atoms with Crippen molar-refractivity contribution in [2.24, 2.45) is 0 Å². The second kappa shape index (κ2) is 7.83. The molecule has 0 radical (unpaired) electrons. The van der Waals surface area contributed by atoms with Gasteiger partial charge in [-0.25, -0.2) is 8.42 Å². The minimum absolute atomic E-state index is 0.115. The molecule has 0 fully saturated rings. The van der Waals surface area contributed by atoms with Crippen molar-refractivity contribution in [2.75, 3.05) is 26.5 Å². The standard InChI is InChI=1S/C17H19NO5S/c1-22-14-6-8-15(9-7-14)23-11-10-18-17(19)13-4-3-5-16(12-13)24(2,20)21/h3-9,12H,10-11H2,1-2H3,(H,18,19). The van der Waals surface area contributed by atoms with Crippen LogP contribution in [0.2, 0.25) is 0 Å². The molecule has 0 bridgehead atoms. The molecule has 0 saturated carbocycles. The maximum Gasteiger partial charge on any atom is 0.251 e. The monoisotopic (exact) mass is 349 g/mol. The van der Waals surface area contributed by atoms with Crippen molar-refractivity contribution in [1.29, 1.82) is 0 Å². The van der Waals surface area contributed by atoms with Crippen LogP contribution >= 0.6 is 0 Å². The number of benzene rings is 2. The third-order valence-electron chi connectivity index (χ3n) is 3.24. The van der Waals surface area contributed by atoms with Crippen LogP contribution in [0.5, 0.6) is 11.5 Å². The van der Waals surface area contributed by atoms with Crippen molar-refractivity contribution in [1.82, 2.24) is 5.32 Å². The van der Waals surface area contributed by atoms with E-state index in [9.17, 15) is 13.2 Å². The summed E-state index contributed by atoms with van der Waals surface area (Å²) in [6, 6.07) is 13.0. The molecule has 2 rings (SSSR count).